The number of rotatable bonds is 3. The Hall–Kier alpha value is -1.72. The fourth-order valence-electron chi connectivity index (χ4n) is 1.37. The second-order valence-electron chi connectivity index (χ2n) is 3.32. The number of benzene rings is 1. The van der Waals surface area contributed by atoms with Crippen LogP contribution < -0.4 is 4.73 Å². The summed E-state index contributed by atoms with van der Waals surface area (Å²) in [6.45, 7) is 0. The van der Waals surface area contributed by atoms with Gasteiger partial charge >= 0.3 is 0 Å². The molecule has 0 spiro atoms. The van der Waals surface area contributed by atoms with E-state index < -0.39 is 10.8 Å². The maximum absolute atomic E-state index is 11.9. The van der Waals surface area contributed by atoms with E-state index in [0.29, 0.717) is 5.69 Å². The molecule has 1 aromatic carbocycles. The Bertz CT molecular complexity index is 502. The van der Waals surface area contributed by atoms with Crippen LogP contribution in [0, 0.1) is 5.21 Å². The Balaban J connectivity index is 0.00000144. The second kappa shape index (κ2) is 6.12. The minimum atomic E-state index is -1.17. The lowest BCUT2D eigenvalue weighted by molar-refractivity contribution is -0.612. The molecule has 1 heterocycles. The summed E-state index contributed by atoms with van der Waals surface area (Å²) in [6, 6.07) is 14.3. The summed E-state index contributed by atoms with van der Waals surface area (Å²) in [7, 11) is -1.17. The molecule has 4 nitrogen and oxygen atoms in total. The number of pyridine rings is 1. The van der Waals surface area contributed by atoms with E-state index in [1.807, 2.05) is 18.2 Å². The highest BCUT2D eigenvalue weighted by molar-refractivity contribution is 7.84. The van der Waals surface area contributed by atoms with E-state index in [4.69, 9.17) is 0 Å². The summed E-state index contributed by atoms with van der Waals surface area (Å²) in [5, 5.41) is 11.4. The molecule has 0 saturated carbocycles. The Morgan fingerprint density at radius 2 is 1.71 bits per heavy atom. The molecule has 90 valence electrons. The number of aromatic nitrogens is 1. The summed E-state index contributed by atoms with van der Waals surface area (Å²) in [5.41, 5.74) is 0.518. The lowest BCUT2D eigenvalue weighted by atomic mass is 10.4. The van der Waals surface area contributed by atoms with Crippen molar-refractivity contribution >= 4 is 10.8 Å². The van der Waals surface area contributed by atoms with Crippen LogP contribution in [0.5, 0.6) is 0 Å². The van der Waals surface area contributed by atoms with Gasteiger partial charge in [0.25, 0.3) is 0 Å². The molecule has 1 unspecified atom stereocenters. The molecule has 0 fully saturated rings. The fraction of sp³-hybridized carbons (Fsp3) is 0.0833. The quantitative estimate of drug-likeness (QED) is 0.597. The van der Waals surface area contributed by atoms with E-state index in [9.17, 15) is 9.42 Å². The predicted octanol–water partition coefficient (Wildman–Crippen LogP) is 0.803. The molecule has 0 aliphatic heterocycles. The van der Waals surface area contributed by atoms with E-state index in [2.05, 4.69) is 0 Å². The van der Waals surface area contributed by atoms with Gasteiger partial charge in [0.05, 0.1) is 10.8 Å². The molecule has 0 saturated heterocycles. The van der Waals surface area contributed by atoms with Gasteiger partial charge in [-0.2, -0.15) is 4.73 Å². The Morgan fingerprint density at radius 3 is 2.35 bits per heavy atom. The molecule has 0 aliphatic rings. The topological polar surface area (TPSA) is 75.5 Å². The molecular formula is C12H13NO3S. The lowest BCUT2D eigenvalue weighted by Gasteiger charge is -2.03. The fourth-order valence-corrected chi connectivity index (χ4v) is 2.48. The van der Waals surface area contributed by atoms with E-state index in [1.54, 1.807) is 30.3 Å². The van der Waals surface area contributed by atoms with Gasteiger partial charge in [0, 0.05) is 17.0 Å². The lowest BCUT2D eigenvalue weighted by Crippen LogP contribution is -2.31. The normalized spacial score (nSPS) is 11.5. The zero-order valence-corrected chi connectivity index (χ0v) is 9.89. The highest BCUT2D eigenvalue weighted by Crippen LogP contribution is 2.09. The first kappa shape index (κ1) is 13.3. The van der Waals surface area contributed by atoms with Crippen LogP contribution in [0.25, 0.3) is 0 Å². The molecule has 0 radical (unpaired) electrons. The standard InChI is InChI=1S/C12H11NO2S.H2O/c14-13-9-5-4-6-11(13)10-16(15)12-7-2-1-3-8-12;/h1-9H,10H2;1H2. The third-order valence-corrected chi connectivity index (χ3v) is 3.55. The van der Waals surface area contributed by atoms with Gasteiger partial charge in [0.15, 0.2) is 6.20 Å². The number of hydrogen-bond donors (Lipinski definition) is 0. The number of hydrogen-bond acceptors (Lipinski definition) is 2. The van der Waals surface area contributed by atoms with Crippen molar-refractivity contribution in [3.05, 3.63) is 65.6 Å². The van der Waals surface area contributed by atoms with Gasteiger partial charge in [0.1, 0.15) is 5.75 Å². The summed E-state index contributed by atoms with van der Waals surface area (Å²) in [5.74, 6) is 0.244. The SMILES string of the molecule is O.O=S(Cc1cccc[n+]1[O-])c1ccccc1. The first-order valence-corrected chi connectivity index (χ1v) is 6.20. The molecular weight excluding hydrogens is 238 g/mol. The van der Waals surface area contributed by atoms with Crippen molar-refractivity contribution in [2.24, 2.45) is 0 Å². The molecule has 17 heavy (non-hydrogen) atoms. The monoisotopic (exact) mass is 251 g/mol. The molecule has 1 aromatic heterocycles. The highest BCUT2D eigenvalue weighted by Gasteiger charge is 2.10. The molecule has 0 bridgehead atoms. The summed E-state index contributed by atoms with van der Waals surface area (Å²) >= 11 is 0. The van der Waals surface area contributed by atoms with Crippen LogP contribution in [0.4, 0.5) is 0 Å². The van der Waals surface area contributed by atoms with E-state index >= 15 is 0 Å². The van der Waals surface area contributed by atoms with E-state index in [-0.39, 0.29) is 11.2 Å². The average molecular weight is 251 g/mol. The smallest absolute Gasteiger partial charge is 0.205 e. The van der Waals surface area contributed by atoms with Crippen molar-refractivity contribution in [3.63, 3.8) is 0 Å². The molecule has 2 aromatic rings. The van der Waals surface area contributed by atoms with Crippen LogP contribution in [-0.4, -0.2) is 9.69 Å². The number of nitrogens with zero attached hydrogens (tertiary/aromatic N) is 1. The zero-order valence-electron chi connectivity index (χ0n) is 9.08. The highest BCUT2D eigenvalue weighted by atomic mass is 32.2. The van der Waals surface area contributed by atoms with Crippen molar-refractivity contribution in [1.82, 2.24) is 0 Å². The predicted molar refractivity (Wildman–Crippen MR) is 65.6 cm³/mol. The van der Waals surface area contributed by atoms with Crippen LogP contribution in [0.3, 0.4) is 0 Å². The third kappa shape index (κ3) is 3.37. The third-order valence-electron chi connectivity index (χ3n) is 2.19. The van der Waals surface area contributed by atoms with Gasteiger partial charge < -0.3 is 10.7 Å². The van der Waals surface area contributed by atoms with Gasteiger partial charge in [-0.3, -0.25) is 4.21 Å². The molecule has 0 aliphatic carbocycles. The van der Waals surface area contributed by atoms with Crippen LogP contribution in [0.2, 0.25) is 0 Å². The second-order valence-corrected chi connectivity index (χ2v) is 4.77. The molecule has 0 amide bonds. The van der Waals surface area contributed by atoms with Gasteiger partial charge in [-0.15, -0.1) is 0 Å². The van der Waals surface area contributed by atoms with Gasteiger partial charge in [-0.25, -0.2) is 0 Å². The zero-order chi connectivity index (χ0) is 11.4. The van der Waals surface area contributed by atoms with Gasteiger partial charge in [-0.05, 0) is 18.2 Å². The van der Waals surface area contributed by atoms with Crippen molar-refractivity contribution in [3.8, 4) is 0 Å². The molecule has 2 rings (SSSR count). The minimum absolute atomic E-state index is 0. The van der Waals surface area contributed by atoms with E-state index in [0.717, 1.165) is 9.63 Å². The van der Waals surface area contributed by atoms with Crippen LogP contribution in [0.1, 0.15) is 5.69 Å². The Labute approximate surface area is 102 Å². The van der Waals surface area contributed by atoms with Crippen LogP contribution in [-0.2, 0) is 16.6 Å². The maximum Gasteiger partial charge on any atom is 0.205 e. The Kier molecular flexibility index (Phi) is 4.81. The van der Waals surface area contributed by atoms with Crippen molar-refractivity contribution in [2.45, 2.75) is 10.6 Å². The first-order valence-electron chi connectivity index (χ1n) is 4.88. The van der Waals surface area contributed by atoms with Crippen LogP contribution >= 0.6 is 0 Å². The molecule has 5 heteroatoms. The molecule has 1 atom stereocenters. The van der Waals surface area contributed by atoms with Crippen molar-refractivity contribution in [1.29, 1.82) is 0 Å². The van der Waals surface area contributed by atoms with Gasteiger partial charge in [0.2, 0.25) is 5.69 Å². The van der Waals surface area contributed by atoms with Crippen molar-refractivity contribution < 1.29 is 14.4 Å². The Morgan fingerprint density at radius 1 is 1.06 bits per heavy atom. The maximum atomic E-state index is 11.9. The van der Waals surface area contributed by atoms with Crippen LogP contribution in [0.15, 0.2) is 59.6 Å². The largest absolute Gasteiger partial charge is 0.618 e. The minimum Gasteiger partial charge on any atom is -0.618 e. The average Bonchev–Trinajstić information content (AvgIpc) is 2.33. The summed E-state index contributed by atoms with van der Waals surface area (Å²) < 4.78 is 12.7. The molecule has 2 N–H and O–H groups in total. The summed E-state index contributed by atoms with van der Waals surface area (Å²) in [6.07, 6.45) is 1.41. The first-order chi connectivity index (χ1) is 7.77. The van der Waals surface area contributed by atoms with Gasteiger partial charge in [-0.1, -0.05) is 18.2 Å². The van der Waals surface area contributed by atoms with E-state index in [1.165, 1.54) is 6.20 Å². The summed E-state index contributed by atoms with van der Waals surface area (Å²) in [4.78, 5) is 0.742. The van der Waals surface area contributed by atoms with Crippen molar-refractivity contribution in [2.75, 3.05) is 0 Å².